The third-order valence-electron chi connectivity index (χ3n) is 1.84. The predicted octanol–water partition coefficient (Wildman–Crippen LogP) is 1.34. The predicted molar refractivity (Wildman–Crippen MR) is 60.0 cm³/mol. The van der Waals surface area contributed by atoms with E-state index in [1.165, 1.54) is 18.5 Å². The zero-order chi connectivity index (χ0) is 12.3. The number of anilines is 1. The second-order valence-electron chi connectivity index (χ2n) is 3.02. The monoisotopic (exact) mass is 251 g/mol. The van der Waals surface area contributed by atoms with Crippen LogP contribution in [-0.4, -0.2) is 15.9 Å². The van der Waals surface area contributed by atoms with Crippen LogP contribution in [-0.2, 0) is 0 Å². The molecule has 0 fully saturated rings. The van der Waals surface area contributed by atoms with Gasteiger partial charge in [-0.2, -0.15) is 0 Å². The van der Waals surface area contributed by atoms with E-state index in [0.717, 1.165) is 12.3 Å². The summed E-state index contributed by atoms with van der Waals surface area (Å²) in [7, 11) is 0. The van der Waals surface area contributed by atoms with Gasteiger partial charge in [0.15, 0.2) is 0 Å². The Hall–Kier alpha value is -2.21. The van der Waals surface area contributed by atoms with E-state index in [0.29, 0.717) is 0 Å². The number of aromatic nitrogens is 2. The highest BCUT2D eigenvalue weighted by Crippen LogP contribution is 2.09. The zero-order valence-electron chi connectivity index (χ0n) is 8.38. The molecule has 2 aromatic heterocycles. The highest BCUT2D eigenvalue weighted by Gasteiger charge is 2.07. The number of carbonyl (C=O) groups excluding carboxylic acids is 1. The van der Waals surface area contributed by atoms with Gasteiger partial charge in [0.2, 0.25) is 0 Å². The first kappa shape index (κ1) is 11.3. The fourth-order valence-electron chi connectivity index (χ4n) is 1.08. The van der Waals surface area contributed by atoms with E-state index in [9.17, 15) is 9.59 Å². The fourth-order valence-corrected chi connectivity index (χ4v) is 1.22. The van der Waals surface area contributed by atoms with Gasteiger partial charge in [0.1, 0.15) is 23.6 Å². The fraction of sp³-hybridized carbons (Fsp3) is 0. The molecule has 0 aromatic carbocycles. The smallest absolute Gasteiger partial charge is 0.335 e. The summed E-state index contributed by atoms with van der Waals surface area (Å²) in [6.07, 6.45) is 2.30. The Morgan fingerprint density at radius 3 is 2.82 bits per heavy atom. The van der Waals surface area contributed by atoms with Gasteiger partial charge in [-0.05, 0) is 6.07 Å². The molecule has 0 atom stereocenters. The van der Waals surface area contributed by atoms with Crippen LogP contribution < -0.4 is 10.9 Å². The highest BCUT2D eigenvalue weighted by molar-refractivity contribution is 6.29. The third kappa shape index (κ3) is 2.88. The summed E-state index contributed by atoms with van der Waals surface area (Å²) in [5.74, 6) is -0.190. The number of hydrogen-bond donors (Lipinski definition) is 1. The van der Waals surface area contributed by atoms with E-state index < -0.39 is 11.5 Å². The highest BCUT2D eigenvalue weighted by atomic mass is 35.5. The standard InChI is InChI=1S/C10H6ClN3O3/c11-7-3-8(13-5-12-7)14-10(16)6-1-2-9(15)17-4-6/h1-5H,(H,12,13,14,16). The van der Waals surface area contributed by atoms with E-state index in [4.69, 9.17) is 11.6 Å². The average molecular weight is 252 g/mol. The average Bonchev–Trinajstić information content (AvgIpc) is 2.29. The molecule has 86 valence electrons. The molecule has 17 heavy (non-hydrogen) atoms. The Bertz CT molecular complexity index is 591. The van der Waals surface area contributed by atoms with Gasteiger partial charge in [0.05, 0.1) is 5.56 Å². The molecule has 2 rings (SSSR count). The van der Waals surface area contributed by atoms with Crippen LogP contribution >= 0.6 is 11.6 Å². The van der Waals surface area contributed by atoms with Crippen molar-refractivity contribution in [3.63, 3.8) is 0 Å². The molecule has 0 saturated carbocycles. The van der Waals surface area contributed by atoms with E-state index in [2.05, 4.69) is 19.7 Å². The van der Waals surface area contributed by atoms with Crippen LogP contribution in [0.2, 0.25) is 5.15 Å². The van der Waals surface area contributed by atoms with Crippen LogP contribution in [0, 0.1) is 0 Å². The molecule has 1 N–H and O–H groups in total. The molecule has 2 heterocycles. The minimum Gasteiger partial charge on any atom is -0.430 e. The molecule has 2 aromatic rings. The summed E-state index contributed by atoms with van der Waals surface area (Å²) >= 11 is 5.63. The lowest BCUT2D eigenvalue weighted by molar-refractivity contribution is 0.102. The van der Waals surface area contributed by atoms with Crippen molar-refractivity contribution < 1.29 is 9.21 Å². The van der Waals surface area contributed by atoms with Crippen LogP contribution in [0.4, 0.5) is 5.82 Å². The van der Waals surface area contributed by atoms with Crippen molar-refractivity contribution in [3.8, 4) is 0 Å². The molecule has 0 saturated heterocycles. The minimum absolute atomic E-state index is 0.208. The molecule has 7 heteroatoms. The molecular weight excluding hydrogens is 246 g/mol. The third-order valence-corrected chi connectivity index (χ3v) is 2.05. The van der Waals surface area contributed by atoms with Gasteiger partial charge in [0.25, 0.3) is 5.91 Å². The number of halogens is 1. The summed E-state index contributed by atoms with van der Waals surface area (Å²) in [5, 5.41) is 2.70. The van der Waals surface area contributed by atoms with Gasteiger partial charge in [-0.1, -0.05) is 11.6 Å². The Morgan fingerprint density at radius 1 is 1.35 bits per heavy atom. The van der Waals surface area contributed by atoms with E-state index in [-0.39, 0.29) is 16.5 Å². The largest absolute Gasteiger partial charge is 0.430 e. The van der Waals surface area contributed by atoms with E-state index >= 15 is 0 Å². The Labute approximate surface area is 100 Å². The molecule has 0 bridgehead atoms. The van der Waals surface area contributed by atoms with Crippen molar-refractivity contribution >= 4 is 23.3 Å². The minimum atomic E-state index is -0.522. The summed E-state index contributed by atoms with van der Waals surface area (Å²) in [6, 6.07) is 3.91. The molecule has 0 aliphatic carbocycles. The van der Waals surface area contributed by atoms with Crippen LogP contribution in [0.25, 0.3) is 0 Å². The first-order valence-corrected chi connectivity index (χ1v) is 4.91. The maximum atomic E-state index is 11.7. The quantitative estimate of drug-likeness (QED) is 0.814. The van der Waals surface area contributed by atoms with E-state index in [1.54, 1.807) is 0 Å². The number of carbonyl (C=O) groups is 1. The topological polar surface area (TPSA) is 85.1 Å². The van der Waals surface area contributed by atoms with Gasteiger partial charge >= 0.3 is 5.63 Å². The maximum Gasteiger partial charge on any atom is 0.335 e. The lowest BCUT2D eigenvalue weighted by atomic mass is 10.3. The van der Waals surface area contributed by atoms with E-state index in [1.807, 2.05) is 0 Å². The van der Waals surface area contributed by atoms with Crippen LogP contribution in [0.5, 0.6) is 0 Å². The molecule has 0 radical (unpaired) electrons. The Kier molecular flexibility index (Phi) is 3.15. The van der Waals surface area contributed by atoms with Crippen molar-refractivity contribution in [1.82, 2.24) is 9.97 Å². The van der Waals surface area contributed by atoms with Crippen molar-refractivity contribution in [2.45, 2.75) is 0 Å². The molecule has 6 nitrogen and oxygen atoms in total. The summed E-state index contributed by atoms with van der Waals surface area (Å²) in [5.41, 5.74) is -0.314. The molecular formula is C10H6ClN3O3. The SMILES string of the molecule is O=C(Nc1cc(Cl)ncn1)c1ccc(=O)oc1. The summed E-state index contributed by atoms with van der Waals surface area (Å²) in [6.45, 7) is 0. The van der Waals surface area contributed by atoms with Gasteiger partial charge in [0, 0.05) is 12.1 Å². The molecule has 1 amide bonds. The van der Waals surface area contributed by atoms with Gasteiger partial charge < -0.3 is 9.73 Å². The lowest BCUT2D eigenvalue weighted by Gasteiger charge is -2.02. The van der Waals surface area contributed by atoms with Crippen LogP contribution in [0.1, 0.15) is 10.4 Å². The van der Waals surface area contributed by atoms with Crippen LogP contribution in [0.15, 0.2) is 40.0 Å². The molecule has 0 spiro atoms. The number of rotatable bonds is 2. The first-order valence-electron chi connectivity index (χ1n) is 4.53. The first-order chi connectivity index (χ1) is 8.15. The van der Waals surface area contributed by atoms with Gasteiger partial charge in [-0.3, -0.25) is 4.79 Å². The summed E-state index contributed by atoms with van der Waals surface area (Å²) in [4.78, 5) is 29.8. The van der Waals surface area contributed by atoms with Crippen molar-refractivity contribution in [3.05, 3.63) is 51.9 Å². The number of nitrogens with one attached hydrogen (secondary N) is 1. The van der Waals surface area contributed by atoms with Crippen molar-refractivity contribution in [2.75, 3.05) is 5.32 Å². The number of amides is 1. The van der Waals surface area contributed by atoms with Gasteiger partial charge in [-0.25, -0.2) is 14.8 Å². The number of hydrogen-bond acceptors (Lipinski definition) is 5. The molecule has 0 aliphatic rings. The maximum absolute atomic E-state index is 11.7. The lowest BCUT2D eigenvalue weighted by Crippen LogP contribution is -2.13. The van der Waals surface area contributed by atoms with Crippen LogP contribution in [0.3, 0.4) is 0 Å². The summed E-state index contributed by atoms with van der Waals surface area (Å²) < 4.78 is 4.57. The zero-order valence-corrected chi connectivity index (χ0v) is 9.14. The molecule has 0 aliphatic heterocycles. The number of nitrogens with zero attached hydrogens (tertiary/aromatic N) is 2. The van der Waals surface area contributed by atoms with Crippen molar-refractivity contribution in [1.29, 1.82) is 0 Å². The normalized spacial score (nSPS) is 9.94. The Morgan fingerprint density at radius 2 is 2.18 bits per heavy atom. The second-order valence-corrected chi connectivity index (χ2v) is 3.41. The van der Waals surface area contributed by atoms with Gasteiger partial charge in [-0.15, -0.1) is 0 Å². The van der Waals surface area contributed by atoms with Crippen molar-refractivity contribution in [2.24, 2.45) is 0 Å². The second kappa shape index (κ2) is 4.75. The molecule has 0 unspecified atom stereocenters. The Balaban J connectivity index is 2.17.